The second-order valence-electron chi connectivity index (χ2n) is 7.45. The number of hydrogen-bond acceptors (Lipinski definition) is 3. The fraction of sp³-hybridized carbons (Fsp3) is 0.684. The molecule has 2 unspecified atom stereocenters. The molecule has 2 saturated heterocycles. The van der Waals surface area contributed by atoms with Gasteiger partial charge in [-0.15, -0.1) is 0 Å². The van der Waals surface area contributed by atoms with E-state index in [-0.39, 0.29) is 6.10 Å². The Hall–Kier alpha value is -1.22. The second kappa shape index (κ2) is 5.77. The molecule has 0 aromatic heterocycles. The number of ether oxygens (including phenoxy) is 2. The third-order valence-corrected chi connectivity index (χ3v) is 4.72. The summed E-state index contributed by atoms with van der Waals surface area (Å²) in [4.78, 5) is 2.63. The molecule has 3 rings (SSSR count). The Morgan fingerprint density at radius 1 is 0.909 bits per heavy atom. The summed E-state index contributed by atoms with van der Waals surface area (Å²) in [5, 5.41) is 0. The number of fused-ring (bicyclic) bond motifs is 1. The van der Waals surface area contributed by atoms with E-state index in [4.69, 9.17) is 9.47 Å². The van der Waals surface area contributed by atoms with Crippen molar-refractivity contribution in [1.29, 1.82) is 0 Å². The highest BCUT2D eigenvalue weighted by molar-refractivity contribution is 5.50. The molecule has 0 bridgehead atoms. The normalized spacial score (nSPS) is 28.3. The van der Waals surface area contributed by atoms with Crippen molar-refractivity contribution in [3.63, 3.8) is 0 Å². The summed E-state index contributed by atoms with van der Waals surface area (Å²) in [7, 11) is 0. The predicted octanol–water partition coefficient (Wildman–Crippen LogP) is 4.17. The zero-order chi connectivity index (χ0) is 16.0. The number of nitrogens with zero attached hydrogens (tertiary/aromatic N) is 1. The van der Waals surface area contributed by atoms with Gasteiger partial charge in [0.15, 0.2) is 0 Å². The Balaban J connectivity index is 2.21. The molecule has 3 nitrogen and oxygen atoms in total. The van der Waals surface area contributed by atoms with E-state index in [9.17, 15) is 0 Å². The summed E-state index contributed by atoms with van der Waals surface area (Å²) in [5.41, 5.74) is 6.65. The van der Waals surface area contributed by atoms with Gasteiger partial charge in [-0.2, -0.15) is 0 Å². The first-order valence-corrected chi connectivity index (χ1v) is 8.47. The summed E-state index contributed by atoms with van der Waals surface area (Å²) < 4.78 is 12.3. The van der Waals surface area contributed by atoms with Gasteiger partial charge >= 0.3 is 0 Å². The highest BCUT2D eigenvalue weighted by atomic mass is 16.6. The Kier molecular flexibility index (Phi) is 4.11. The van der Waals surface area contributed by atoms with Crippen molar-refractivity contribution in [1.82, 2.24) is 4.90 Å². The Morgan fingerprint density at radius 2 is 1.59 bits per heavy atom. The highest BCUT2D eigenvalue weighted by Gasteiger charge is 2.46. The molecule has 1 aliphatic carbocycles. The zero-order valence-corrected chi connectivity index (χ0v) is 14.8. The van der Waals surface area contributed by atoms with Gasteiger partial charge in [0.25, 0.3) is 0 Å². The van der Waals surface area contributed by atoms with E-state index >= 15 is 0 Å². The highest BCUT2D eigenvalue weighted by Crippen LogP contribution is 2.44. The fourth-order valence-corrected chi connectivity index (χ4v) is 3.65. The second-order valence-corrected chi connectivity index (χ2v) is 7.45. The van der Waals surface area contributed by atoms with Crippen LogP contribution in [0.2, 0.25) is 0 Å². The van der Waals surface area contributed by atoms with E-state index in [2.05, 4.69) is 46.4 Å². The molecule has 0 spiro atoms. The molecule has 2 heterocycles. The topological polar surface area (TPSA) is 21.7 Å². The van der Waals surface area contributed by atoms with Crippen LogP contribution in [0.1, 0.15) is 54.4 Å². The van der Waals surface area contributed by atoms with Crippen LogP contribution in [0.3, 0.4) is 0 Å². The number of hydrogen-bond donors (Lipinski definition) is 0. The van der Waals surface area contributed by atoms with E-state index in [0.29, 0.717) is 18.7 Å². The monoisotopic (exact) mass is 303 g/mol. The number of allylic oxidation sites excluding steroid dienone is 3. The third kappa shape index (κ3) is 2.60. The minimum Gasteiger partial charge on any atom is -0.485 e. The van der Waals surface area contributed by atoms with Crippen LogP contribution in [-0.2, 0) is 9.47 Å². The smallest absolute Gasteiger partial charge is 0.144 e. The van der Waals surface area contributed by atoms with E-state index in [1.807, 2.05) is 0 Å². The summed E-state index contributed by atoms with van der Waals surface area (Å²) in [6.07, 6.45) is 2.73. The van der Waals surface area contributed by atoms with Gasteiger partial charge in [-0.1, -0.05) is 11.1 Å². The summed E-state index contributed by atoms with van der Waals surface area (Å²) in [5.74, 6) is 1.07. The molecule has 0 N–H and O–H groups in total. The zero-order valence-electron chi connectivity index (χ0n) is 14.8. The SMILES string of the molecule is CC(C)=C1OC2COCC2N(C2CC2)C(=C(C)C)C1=C(C)C. The molecule has 0 aromatic carbocycles. The quantitative estimate of drug-likeness (QED) is 0.725. The molecule has 3 heteroatoms. The molecule has 2 aliphatic heterocycles. The van der Waals surface area contributed by atoms with Crippen molar-refractivity contribution in [3.05, 3.63) is 33.7 Å². The van der Waals surface area contributed by atoms with Gasteiger partial charge in [0.05, 0.1) is 19.3 Å². The van der Waals surface area contributed by atoms with Gasteiger partial charge < -0.3 is 14.4 Å². The van der Waals surface area contributed by atoms with Gasteiger partial charge in [0.2, 0.25) is 0 Å². The largest absolute Gasteiger partial charge is 0.485 e. The van der Waals surface area contributed by atoms with E-state index < -0.39 is 0 Å². The van der Waals surface area contributed by atoms with Crippen LogP contribution in [0.15, 0.2) is 33.7 Å². The molecule has 3 aliphatic rings. The van der Waals surface area contributed by atoms with Crippen molar-refractivity contribution in [2.24, 2.45) is 0 Å². The predicted molar refractivity (Wildman–Crippen MR) is 89.5 cm³/mol. The molecular weight excluding hydrogens is 274 g/mol. The molecule has 22 heavy (non-hydrogen) atoms. The minimum atomic E-state index is 0.150. The molecule has 0 radical (unpaired) electrons. The lowest BCUT2D eigenvalue weighted by Gasteiger charge is -2.33. The van der Waals surface area contributed by atoms with Gasteiger partial charge in [-0.25, -0.2) is 0 Å². The van der Waals surface area contributed by atoms with Crippen LogP contribution in [0, 0.1) is 0 Å². The van der Waals surface area contributed by atoms with Crippen LogP contribution in [0.5, 0.6) is 0 Å². The first kappa shape index (κ1) is 15.7. The first-order chi connectivity index (χ1) is 10.4. The molecule has 2 atom stereocenters. The van der Waals surface area contributed by atoms with E-state index in [1.54, 1.807) is 0 Å². The fourth-order valence-electron chi connectivity index (χ4n) is 3.65. The third-order valence-electron chi connectivity index (χ3n) is 4.72. The average molecular weight is 303 g/mol. The lowest BCUT2D eigenvalue weighted by atomic mass is 9.97. The van der Waals surface area contributed by atoms with Crippen molar-refractivity contribution >= 4 is 0 Å². The maximum atomic E-state index is 6.48. The van der Waals surface area contributed by atoms with Crippen molar-refractivity contribution in [2.75, 3.05) is 13.2 Å². The van der Waals surface area contributed by atoms with Crippen molar-refractivity contribution in [3.8, 4) is 0 Å². The lowest BCUT2D eigenvalue weighted by Crippen LogP contribution is -2.43. The van der Waals surface area contributed by atoms with Crippen molar-refractivity contribution in [2.45, 2.75) is 72.6 Å². The molecule has 0 aromatic rings. The maximum Gasteiger partial charge on any atom is 0.144 e. The van der Waals surface area contributed by atoms with Crippen LogP contribution >= 0.6 is 0 Å². The molecule has 122 valence electrons. The van der Waals surface area contributed by atoms with Crippen LogP contribution in [-0.4, -0.2) is 36.3 Å². The molecule has 1 saturated carbocycles. The average Bonchev–Trinajstić information content (AvgIpc) is 3.18. The van der Waals surface area contributed by atoms with Crippen LogP contribution in [0.4, 0.5) is 0 Å². The van der Waals surface area contributed by atoms with Gasteiger partial charge in [-0.05, 0) is 60.0 Å². The lowest BCUT2D eigenvalue weighted by molar-refractivity contribution is 0.0757. The van der Waals surface area contributed by atoms with E-state index in [0.717, 1.165) is 12.4 Å². The summed E-state index contributed by atoms with van der Waals surface area (Å²) >= 11 is 0. The molecular formula is C19H29NO2. The Bertz CT molecular complexity index is 554. The standard InChI is InChI=1S/C19H29NO2/c1-11(2)17-18(12(3)4)20(14-7-8-14)15-9-21-10-16(15)22-19(17)13(5)6/h14-16H,7-10H2,1-6H3. The number of rotatable bonds is 1. The summed E-state index contributed by atoms with van der Waals surface area (Å²) in [6, 6.07) is 1.01. The van der Waals surface area contributed by atoms with Crippen molar-refractivity contribution < 1.29 is 9.47 Å². The van der Waals surface area contributed by atoms with E-state index in [1.165, 1.54) is 40.8 Å². The first-order valence-electron chi connectivity index (χ1n) is 8.47. The molecule has 3 fully saturated rings. The maximum absolute atomic E-state index is 6.48. The molecule has 0 amide bonds. The minimum absolute atomic E-state index is 0.150. The van der Waals surface area contributed by atoms with Crippen LogP contribution < -0.4 is 0 Å². The Labute approximate surface area is 134 Å². The van der Waals surface area contributed by atoms with Crippen LogP contribution in [0.25, 0.3) is 0 Å². The summed E-state index contributed by atoms with van der Waals surface area (Å²) in [6.45, 7) is 14.6. The van der Waals surface area contributed by atoms with Gasteiger partial charge in [-0.3, -0.25) is 0 Å². The Morgan fingerprint density at radius 3 is 2.09 bits per heavy atom. The van der Waals surface area contributed by atoms with Gasteiger partial charge in [0, 0.05) is 17.3 Å². The van der Waals surface area contributed by atoms with Gasteiger partial charge in [0.1, 0.15) is 11.9 Å².